The number of ether oxygens (including phenoxy) is 1. The van der Waals surface area contributed by atoms with Gasteiger partial charge in [-0.3, -0.25) is 4.79 Å². The van der Waals surface area contributed by atoms with Crippen molar-refractivity contribution in [2.24, 2.45) is 11.8 Å². The molecule has 1 saturated heterocycles. The van der Waals surface area contributed by atoms with Gasteiger partial charge in [0, 0.05) is 12.3 Å². The van der Waals surface area contributed by atoms with E-state index in [4.69, 9.17) is 4.74 Å². The summed E-state index contributed by atoms with van der Waals surface area (Å²) in [7, 11) is 0. The lowest BCUT2D eigenvalue weighted by molar-refractivity contribution is -0.143. The zero-order chi connectivity index (χ0) is 14.2. The molecule has 0 radical (unpaired) electrons. The molecule has 106 valence electrons. The van der Waals surface area contributed by atoms with Crippen LogP contribution in [0.25, 0.3) is 0 Å². The third-order valence-corrected chi connectivity index (χ3v) is 4.24. The van der Waals surface area contributed by atoms with E-state index in [1.54, 1.807) is 13.0 Å². The van der Waals surface area contributed by atoms with Crippen LogP contribution in [0.4, 0.5) is 0 Å². The van der Waals surface area contributed by atoms with E-state index >= 15 is 0 Å². The summed E-state index contributed by atoms with van der Waals surface area (Å²) < 4.78 is 5.33. The fourth-order valence-electron chi connectivity index (χ4n) is 2.96. The topological polar surface area (TPSA) is 66.8 Å². The van der Waals surface area contributed by atoms with Gasteiger partial charge in [-0.2, -0.15) is 0 Å². The van der Waals surface area contributed by atoms with Gasteiger partial charge in [0.2, 0.25) is 0 Å². The predicted molar refractivity (Wildman–Crippen MR) is 71.3 cm³/mol. The van der Waals surface area contributed by atoms with E-state index in [9.17, 15) is 15.0 Å². The van der Waals surface area contributed by atoms with Crippen LogP contribution >= 0.6 is 0 Å². The minimum absolute atomic E-state index is 0.260. The lowest BCUT2D eigenvalue weighted by atomic mass is 9.81. The number of carbonyl (C=O) groups excluding carboxylic acids is 1. The van der Waals surface area contributed by atoms with Crippen molar-refractivity contribution < 1.29 is 19.7 Å². The first kappa shape index (κ1) is 14.3. The second kappa shape index (κ2) is 5.47. The molecule has 0 aromatic rings. The van der Waals surface area contributed by atoms with Crippen molar-refractivity contribution in [2.45, 2.75) is 51.4 Å². The molecule has 1 heterocycles. The fraction of sp³-hybridized carbons (Fsp3) is 0.667. The molecule has 0 saturated carbocycles. The first-order valence-electron chi connectivity index (χ1n) is 6.81. The minimum Gasteiger partial charge on any atom is -0.461 e. The van der Waals surface area contributed by atoms with Crippen LogP contribution in [0, 0.1) is 11.8 Å². The van der Waals surface area contributed by atoms with Gasteiger partial charge in [-0.1, -0.05) is 25.2 Å². The maximum absolute atomic E-state index is 11.7. The highest BCUT2D eigenvalue weighted by atomic mass is 16.6. The third-order valence-electron chi connectivity index (χ3n) is 4.24. The highest BCUT2D eigenvalue weighted by Crippen LogP contribution is 2.36. The van der Waals surface area contributed by atoms with Crippen LogP contribution in [0.1, 0.15) is 33.1 Å². The Hall–Kier alpha value is -1.13. The number of carbonyl (C=O) groups is 1. The Kier molecular flexibility index (Phi) is 4.11. The molecular weight excluding hydrogens is 244 g/mol. The molecule has 1 aliphatic carbocycles. The van der Waals surface area contributed by atoms with Crippen LogP contribution in [0.5, 0.6) is 0 Å². The summed E-state index contributed by atoms with van der Waals surface area (Å²) in [6, 6.07) is 0. The molecule has 4 nitrogen and oxygen atoms in total. The number of fused-ring (bicyclic) bond motifs is 1. The molecule has 2 N–H and O–H groups in total. The fourth-order valence-corrected chi connectivity index (χ4v) is 2.96. The first-order valence-corrected chi connectivity index (χ1v) is 6.81. The van der Waals surface area contributed by atoms with Gasteiger partial charge in [-0.25, -0.2) is 0 Å². The van der Waals surface area contributed by atoms with Gasteiger partial charge in [0.05, 0.1) is 18.1 Å². The molecule has 0 aromatic carbocycles. The molecule has 0 bridgehead atoms. The Morgan fingerprint density at radius 2 is 2.11 bits per heavy atom. The lowest BCUT2D eigenvalue weighted by Gasteiger charge is -2.26. The Bertz CT molecular complexity index is 412. The summed E-state index contributed by atoms with van der Waals surface area (Å²) in [5.74, 6) is -0.862. The number of aliphatic hydroxyl groups is 2. The van der Waals surface area contributed by atoms with Crippen LogP contribution in [0.15, 0.2) is 23.8 Å². The van der Waals surface area contributed by atoms with Gasteiger partial charge < -0.3 is 14.9 Å². The second-order valence-electron chi connectivity index (χ2n) is 5.76. The van der Waals surface area contributed by atoms with Crippen LogP contribution in [0.3, 0.4) is 0 Å². The Morgan fingerprint density at radius 1 is 1.42 bits per heavy atom. The van der Waals surface area contributed by atoms with E-state index in [1.165, 1.54) is 0 Å². The maximum Gasteiger partial charge on any atom is 0.309 e. The summed E-state index contributed by atoms with van der Waals surface area (Å²) in [5, 5.41) is 20.3. The van der Waals surface area contributed by atoms with Gasteiger partial charge >= 0.3 is 5.97 Å². The molecule has 0 aromatic heterocycles. The summed E-state index contributed by atoms with van der Waals surface area (Å²) in [4.78, 5) is 11.7. The standard InChI is InChI=1S/C15H22O4/c1-8-4-5-11(16)9(2)7-13-14(12(17)6-8)10(3)15(18)19-13/h6,10-14,16-17H,2,4-5,7H2,1,3H3/b8-6+/t10-,11-,12+,13+,14+/m1/s1. The maximum atomic E-state index is 11.7. The quantitative estimate of drug-likeness (QED) is 0.516. The van der Waals surface area contributed by atoms with Crippen molar-refractivity contribution in [2.75, 3.05) is 0 Å². The average Bonchev–Trinajstić information content (AvgIpc) is 2.60. The van der Waals surface area contributed by atoms with Gasteiger partial charge in [0.1, 0.15) is 6.10 Å². The molecule has 4 heteroatoms. The molecule has 0 spiro atoms. The van der Waals surface area contributed by atoms with E-state index in [0.717, 1.165) is 12.0 Å². The number of hydrogen-bond donors (Lipinski definition) is 2. The monoisotopic (exact) mass is 266 g/mol. The number of hydrogen-bond acceptors (Lipinski definition) is 4. The SMILES string of the molecule is C=C1C[C@@H]2OC(=O)[C@H](C)[C@H]2[C@@H](O)/C=C(\C)CC[C@H]1O. The van der Waals surface area contributed by atoms with E-state index in [1.807, 2.05) is 6.92 Å². The van der Waals surface area contributed by atoms with Crippen molar-refractivity contribution in [1.29, 1.82) is 0 Å². The van der Waals surface area contributed by atoms with Crippen LogP contribution in [0.2, 0.25) is 0 Å². The first-order chi connectivity index (χ1) is 8.90. The van der Waals surface area contributed by atoms with E-state index < -0.39 is 12.2 Å². The van der Waals surface area contributed by atoms with Gasteiger partial charge in [-0.05, 0) is 25.3 Å². The normalized spacial score (nSPS) is 43.2. The minimum atomic E-state index is -0.686. The highest BCUT2D eigenvalue weighted by Gasteiger charge is 2.45. The summed E-state index contributed by atoms with van der Waals surface area (Å²) in [6.07, 6.45) is 1.88. The highest BCUT2D eigenvalue weighted by molar-refractivity contribution is 5.75. The number of rotatable bonds is 0. The Morgan fingerprint density at radius 3 is 2.79 bits per heavy atom. The molecule has 19 heavy (non-hydrogen) atoms. The Labute approximate surface area is 113 Å². The van der Waals surface area contributed by atoms with Crippen molar-refractivity contribution >= 4 is 5.97 Å². The molecular formula is C15H22O4. The van der Waals surface area contributed by atoms with Gasteiger partial charge in [0.15, 0.2) is 0 Å². The summed E-state index contributed by atoms with van der Waals surface area (Å²) in [6.45, 7) is 7.60. The molecule has 1 aliphatic heterocycles. The zero-order valence-electron chi connectivity index (χ0n) is 11.5. The smallest absolute Gasteiger partial charge is 0.309 e. The molecule has 0 unspecified atom stereocenters. The molecule has 2 rings (SSSR count). The largest absolute Gasteiger partial charge is 0.461 e. The summed E-state index contributed by atoms with van der Waals surface area (Å²) in [5.41, 5.74) is 1.70. The van der Waals surface area contributed by atoms with E-state index in [0.29, 0.717) is 18.4 Å². The van der Waals surface area contributed by atoms with Crippen molar-refractivity contribution in [3.63, 3.8) is 0 Å². The molecule has 5 atom stereocenters. The molecule has 0 amide bonds. The third kappa shape index (κ3) is 2.90. The van der Waals surface area contributed by atoms with Gasteiger partial charge in [0.25, 0.3) is 0 Å². The van der Waals surface area contributed by atoms with E-state index in [-0.39, 0.29) is 23.9 Å². The summed E-state index contributed by atoms with van der Waals surface area (Å²) >= 11 is 0. The van der Waals surface area contributed by atoms with Crippen LogP contribution in [-0.4, -0.2) is 34.5 Å². The lowest BCUT2D eigenvalue weighted by Crippen LogP contribution is -2.32. The number of esters is 1. The average molecular weight is 266 g/mol. The Balaban J connectivity index is 2.30. The zero-order valence-corrected chi connectivity index (χ0v) is 11.5. The predicted octanol–water partition coefficient (Wildman–Crippen LogP) is 1.57. The molecule has 2 aliphatic rings. The van der Waals surface area contributed by atoms with Crippen molar-refractivity contribution in [3.8, 4) is 0 Å². The second-order valence-corrected chi connectivity index (χ2v) is 5.76. The van der Waals surface area contributed by atoms with Crippen LogP contribution < -0.4 is 0 Å². The molecule has 1 fully saturated rings. The van der Waals surface area contributed by atoms with E-state index in [2.05, 4.69) is 6.58 Å². The number of aliphatic hydroxyl groups excluding tert-OH is 2. The van der Waals surface area contributed by atoms with Crippen molar-refractivity contribution in [3.05, 3.63) is 23.8 Å². The number of allylic oxidation sites excluding steroid dienone is 1. The van der Waals surface area contributed by atoms with Crippen LogP contribution in [-0.2, 0) is 9.53 Å². The van der Waals surface area contributed by atoms with Crippen molar-refractivity contribution in [1.82, 2.24) is 0 Å². The van der Waals surface area contributed by atoms with Gasteiger partial charge in [-0.15, -0.1) is 0 Å².